The molecule has 0 aliphatic carbocycles. The van der Waals surface area contributed by atoms with Crippen LogP contribution in [0, 0.1) is 0 Å². The number of hydrogen-bond acceptors (Lipinski definition) is 5. The van der Waals surface area contributed by atoms with Crippen molar-refractivity contribution >= 4 is 34.5 Å². The van der Waals surface area contributed by atoms with Crippen molar-refractivity contribution in [1.82, 2.24) is 19.5 Å². The SMILES string of the molecule is COc1ncnc2c1nc(CCCl)n2CC1(C)CCCS1. The van der Waals surface area contributed by atoms with Gasteiger partial charge in [-0.05, 0) is 25.5 Å². The number of aryl methyl sites for hydroxylation is 1. The van der Waals surface area contributed by atoms with E-state index >= 15 is 0 Å². The van der Waals surface area contributed by atoms with E-state index in [0.717, 1.165) is 30.0 Å². The molecule has 0 saturated carbocycles. The summed E-state index contributed by atoms with van der Waals surface area (Å²) >= 11 is 7.97. The Morgan fingerprint density at radius 2 is 2.33 bits per heavy atom. The largest absolute Gasteiger partial charge is 0.479 e. The van der Waals surface area contributed by atoms with Crippen molar-refractivity contribution in [3.63, 3.8) is 0 Å². The number of fused-ring (bicyclic) bond motifs is 1. The number of nitrogens with zero attached hydrogens (tertiary/aromatic N) is 4. The highest BCUT2D eigenvalue weighted by atomic mass is 35.5. The molecule has 1 atom stereocenters. The van der Waals surface area contributed by atoms with Crippen LogP contribution in [0.25, 0.3) is 11.2 Å². The van der Waals surface area contributed by atoms with Crippen LogP contribution in [-0.2, 0) is 13.0 Å². The molecule has 1 fully saturated rings. The molecule has 0 radical (unpaired) electrons. The summed E-state index contributed by atoms with van der Waals surface area (Å²) in [6, 6.07) is 0. The summed E-state index contributed by atoms with van der Waals surface area (Å²) in [5.74, 6) is 3.26. The lowest BCUT2D eigenvalue weighted by Crippen LogP contribution is -2.25. The standard InChI is InChI=1S/C14H19ClN4OS/c1-14(5-3-7-21-14)8-19-10(4-6-15)18-11-12(19)16-9-17-13(11)20-2/h9H,3-8H2,1-2H3. The average molecular weight is 327 g/mol. The van der Waals surface area contributed by atoms with E-state index in [0.29, 0.717) is 11.8 Å². The van der Waals surface area contributed by atoms with Crippen molar-refractivity contribution in [3.8, 4) is 5.88 Å². The molecule has 0 bridgehead atoms. The van der Waals surface area contributed by atoms with Gasteiger partial charge in [-0.1, -0.05) is 0 Å². The maximum Gasteiger partial charge on any atom is 0.245 e. The van der Waals surface area contributed by atoms with E-state index in [-0.39, 0.29) is 4.75 Å². The molecule has 3 heterocycles. The molecule has 0 aromatic carbocycles. The van der Waals surface area contributed by atoms with Crippen molar-refractivity contribution in [2.75, 3.05) is 18.7 Å². The summed E-state index contributed by atoms with van der Waals surface area (Å²) in [6.07, 6.45) is 4.76. The third-order valence-electron chi connectivity index (χ3n) is 3.88. The topological polar surface area (TPSA) is 52.8 Å². The Labute approximate surface area is 133 Å². The first-order valence-corrected chi connectivity index (χ1v) is 8.63. The summed E-state index contributed by atoms with van der Waals surface area (Å²) < 4.78 is 7.74. The van der Waals surface area contributed by atoms with Crippen LogP contribution in [0.2, 0.25) is 0 Å². The van der Waals surface area contributed by atoms with Gasteiger partial charge < -0.3 is 9.30 Å². The van der Waals surface area contributed by atoms with E-state index in [1.165, 1.54) is 24.9 Å². The molecule has 1 unspecified atom stereocenters. The van der Waals surface area contributed by atoms with E-state index in [2.05, 4.69) is 26.4 Å². The highest BCUT2D eigenvalue weighted by Gasteiger charge is 2.31. The number of aromatic nitrogens is 4. The number of imidazole rings is 1. The Balaban J connectivity index is 2.07. The van der Waals surface area contributed by atoms with Gasteiger partial charge in [0.25, 0.3) is 0 Å². The van der Waals surface area contributed by atoms with Crippen LogP contribution in [0.5, 0.6) is 5.88 Å². The van der Waals surface area contributed by atoms with Crippen LogP contribution in [0.1, 0.15) is 25.6 Å². The van der Waals surface area contributed by atoms with Gasteiger partial charge in [-0.2, -0.15) is 16.7 Å². The van der Waals surface area contributed by atoms with Crippen molar-refractivity contribution in [3.05, 3.63) is 12.2 Å². The third kappa shape index (κ3) is 2.83. The average Bonchev–Trinajstić information content (AvgIpc) is 3.05. The summed E-state index contributed by atoms with van der Waals surface area (Å²) in [4.78, 5) is 13.2. The van der Waals surface area contributed by atoms with Gasteiger partial charge in [0.2, 0.25) is 5.88 Å². The zero-order valence-corrected chi connectivity index (χ0v) is 13.9. The Morgan fingerprint density at radius 1 is 1.48 bits per heavy atom. The molecular formula is C14H19ClN4OS. The predicted molar refractivity (Wildman–Crippen MR) is 86.4 cm³/mol. The summed E-state index contributed by atoms with van der Waals surface area (Å²) in [5, 5.41) is 0. The summed E-state index contributed by atoms with van der Waals surface area (Å²) in [7, 11) is 1.61. The lowest BCUT2D eigenvalue weighted by Gasteiger charge is -2.24. The van der Waals surface area contributed by atoms with Gasteiger partial charge in [0.05, 0.1) is 7.11 Å². The molecular weight excluding hydrogens is 308 g/mol. The second kappa shape index (κ2) is 6.01. The van der Waals surface area contributed by atoms with Gasteiger partial charge in [-0.25, -0.2) is 9.97 Å². The number of ether oxygens (including phenoxy) is 1. The van der Waals surface area contributed by atoms with Gasteiger partial charge in [0.1, 0.15) is 12.2 Å². The maximum absolute atomic E-state index is 5.93. The smallest absolute Gasteiger partial charge is 0.245 e. The Hall–Kier alpha value is -1.01. The van der Waals surface area contributed by atoms with E-state index in [1.54, 1.807) is 7.11 Å². The summed E-state index contributed by atoms with van der Waals surface area (Å²) in [5.41, 5.74) is 1.57. The predicted octanol–water partition coefficient (Wildman–Crippen LogP) is 2.90. The van der Waals surface area contributed by atoms with Gasteiger partial charge in [0.15, 0.2) is 11.2 Å². The highest BCUT2D eigenvalue weighted by molar-refractivity contribution is 8.00. The number of methoxy groups -OCH3 is 1. The van der Waals surface area contributed by atoms with Crippen LogP contribution < -0.4 is 4.74 Å². The number of alkyl halides is 1. The van der Waals surface area contributed by atoms with Crippen LogP contribution >= 0.6 is 23.4 Å². The molecule has 1 aliphatic heterocycles. The molecule has 1 aliphatic rings. The lowest BCUT2D eigenvalue weighted by molar-refractivity contribution is 0.401. The van der Waals surface area contributed by atoms with E-state index in [4.69, 9.17) is 16.3 Å². The molecule has 1 saturated heterocycles. The number of thioether (sulfide) groups is 1. The van der Waals surface area contributed by atoms with Crippen molar-refractivity contribution < 1.29 is 4.74 Å². The first kappa shape index (κ1) is 14.9. The molecule has 2 aromatic rings. The highest BCUT2D eigenvalue weighted by Crippen LogP contribution is 2.40. The fourth-order valence-corrected chi connectivity index (χ4v) is 4.31. The van der Waals surface area contributed by atoms with Gasteiger partial charge >= 0.3 is 0 Å². The first-order valence-electron chi connectivity index (χ1n) is 7.11. The number of rotatable bonds is 5. The van der Waals surface area contributed by atoms with E-state index in [9.17, 15) is 0 Å². The minimum absolute atomic E-state index is 0.243. The zero-order valence-electron chi connectivity index (χ0n) is 12.3. The van der Waals surface area contributed by atoms with Gasteiger partial charge in [-0.3, -0.25) is 0 Å². The van der Waals surface area contributed by atoms with Gasteiger partial charge in [0, 0.05) is 23.6 Å². The minimum Gasteiger partial charge on any atom is -0.479 e. The first-order chi connectivity index (χ1) is 10.2. The van der Waals surface area contributed by atoms with Crippen molar-refractivity contribution in [1.29, 1.82) is 0 Å². The maximum atomic E-state index is 5.93. The normalized spacial score (nSPS) is 22.0. The fraction of sp³-hybridized carbons (Fsp3) is 0.643. The molecule has 0 N–H and O–H groups in total. The lowest BCUT2D eigenvalue weighted by atomic mass is 10.1. The molecule has 2 aromatic heterocycles. The second-order valence-corrected chi connectivity index (χ2v) is 7.57. The van der Waals surface area contributed by atoms with E-state index < -0.39 is 0 Å². The summed E-state index contributed by atoms with van der Waals surface area (Å²) in [6.45, 7) is 3.22. The van der Waals surface area contributed by atoms with Crippen LogP contribution in [0.4, 0.5) is 0 Å². The van der Waals surface area contributed by atoms with Crippen LogP contribution in [-0.4, -0.2) is 43.0 Å². The third-order valence-corrected chi connectivity index (χ3v) is 5.59. The zero-order chi connectivity index (χ0) is 14.9. The molecule has 0 amide bonds. The van der Waals surface area contributed by atoms with E-state index in [1.807, 2.05) is 11.8 Å². The number of halogens is 1. The minimum atomic E-state index is 0.243. The number of hydrogen-bond donors (Lipinski definition) is 0. The Morgan fingerprint density at radius 3 is 3.00 bits per heavy atom. The molecule has 3 rings (SSSR count). The molecule has 114 valence electrons. The van der Waals surface area contributed by atoms with Crippen molar-refractivity contribution in [2.24, 2.45) is 0 Å². The van der Waals surface area contributed by atoms with Gasteiger partial charge in [-0.15, -0.1) is 11.6 Å². The molecule has 5 nitrogen and oxygen atoms in total. The fourth-order valence-electron chi connectivity index (χ4n) is 2.85. The quantitative estimate of drug-likeness (QED) is 0.791. The Kier molecular flexibility index (Phi) is 4.26. The van der Waals surface area contributed by atoms with Crippen molar-refractivity contribution in [2.45, 2.75) is 37.5 Å². The molecule has 21 heavy (non-hydrogen) atoms. The Bertz CT molecular complexity index is 639. The second-order valence-electron chi connectivity index (χ2n) is 5.51. The monoisotopic (exact) mass is 326 g/mol. The molecule has 0 spiro atoms. The molecule has 7 heteroatoms. The van der Waals surface area contributed by atoms with Crippen LogP contribution in [0.3, 0.4) is 0 Å². The van der Waals surface area contributed by atoms with Crippen LogP contribution in [0.15, 0.2) is 6.33 Å².